The summed E-state index contributed by atoms with van der Waals surface area (Å²) in [5, 5.41) is 2.67. The summed E-state index contributed by atoms with van der Waals surface area (Å²) in [4.78, 5) is 12.0. The minimum absolute atomic E-state index is 0.00953. The van der Waals surface area contributed by atoms with Crippen LogP contribution in [0.1, 0.15) is 25.3 Å². The van der Waals surface area contributed by atoms with E-state index in [-0.39, 0.29) is 36.4 Å². The van der Waals surface area contributed by atoms with Crippen molar-refractivity contribution >= 4 is 31.5 Å². The molecule has 0 aromatic heterocycles. The van der Waals surface area contributed by atoms with E-state index in [9.17, 15) is 21.6 Å². The zero-order valence-electron chi connectivity index (χ0n) is 14.4. The van der Waals surface area contributed by atoms with E-state index in [0.29, 0.717) is 12.1 Å². The number of nitrogens with zero attached hydrogens (tertiary/aromatic N) is 1. The van der Waals surface area contributed by atoms with E-state index in [1.807, 2.05) is 19.1 Å². The van der Waals surface area contributed by atoms with Gasteiger partial charge in [0.05, 0.1) is 23.4 Å². The SMILES string of the molecule is CCc1ccc(N(CCC(=O)NC2CCS(=O)(=O)C2)S(C)(=O)=O)cc1. The van der Waals surface area contributed by atoms with Crippen LogP contribution in [0.4, 0.5) is 5.69 Å². The van der Waals surface area contributed by atoms with E-state index >= 15 is 0 Å². The predicted molar refractivity (Wildman–Crippen MR) is 97.8 cm³/mol. The van der Waals surface area contributed by atoms with Crippen molar-refractivity contribution in [2.45, 2.75) is 32.2 Å². The third kappa shape index (κ3) is 5.71. The van der Waals surface area contributed by atoms with Gasteiger partial charge >= 0.3 is 0 Å². The number of hydrogen-bond acceptors (Lipinski definition) is 5. The van der Waals surface area contributed by atoms with Crippen molar-refractivity contribution in [1.82, 2.24) is 5.32 Å². The molecule has 140 valence electrons. The second kappa shape index (κ2) is 7.74. The zero-order chi connectivity index (χ0) is 18.7. The molecule has 0 spiro atoms. The topological polar surface area (TPSA) is 101 Å². The number of benzene rings is 1. The van der Waals surface area contributed by atoms with E-state index in [2.05, 4.69) is 5.32 Å². The summed E-state index contributed by atoms with van der Waals surface area (Å²) in [6, 6.07) is 6.78. The van der Waals surface area contributed by atoms with Gasteiger partial charge in [-0.25, -0.2) is 16.8 Å². The quantitative estimate of drug-likeness (QED) is 0.741. The highest BCUT2D eigenvalue weighted by Gasteiger charge is 2.29. The van der Waals surface area contributed by atoms with Gasteiger partial charge in [-0.3, -0.25) is 9.10 Å². The first kappa shape index (κ1) is 19.7. The maximum absolute atomic E-state index is 12.0. The molecule has 0 radical (unpaired) electrons. The summed E-state index contributed by atoms with van der Waals surface area (Å²) in [6.07, 6.45) is 2.33. The number of hydrogen-bond donors (Lipinski definition) is 1. The zero-order valence-corrected chi connectivity index (χ0v) is 16.1. The third-order valence-electron chi connectivity index (χ3n) is 4.17. The van der Waals surface area contributed by atoms with Gasteiger partial charge < -0.3 is 5.32 Å². The highest BCUT2D eigenvalue weighted by atomic mass is 32.2. The van der Waals surface area contributed by atoms with Crippen molar-refractivity contribution in [3.63, 3.8) is 0 Å². The van der Waals surface area contributed by atoms with Crippen molar-refractivity contribution in [3.8, 4) is 0 Å². The highest BCUT2D eigenvalue weighted by molar-refractivity contribution is 7.92. The van der Waals surface area contributed by atoms with Crippen LogP contribution in [-0.2, 0) is 31.1 Å². The molecule has 1 atom stereocenters. The maximum atomic E-state index is 12.0. The molecule has 1 heterocycles. The van der Waals surface area contributed by atoms with Gasteiger partial charge in [-0.05, 0) is 30.5 Å². The van der Waals surface area contributed by atoms with Crippen molar-refractivity contribution in [3.05, 3.63) is 29.8 Å². The summed E-state index contributed by atoms with van der Waals surface area (Å²) in [5.41, 5.74) is 1.60. The van der Waals surface area contributed by atoms with Gasteiger partial charge in [-0.15, -0.1) is 0 Å². The largest absolute Gasteiger partial charge is 0.352 e. The number of sulfonamides is 1. The number of sulfone groups is 1. The molecule has 1 amide bonds. The van der Waals surface area contributed by atoms with Crippen LogP contribution < -0.4 is 9.62 Å². The van der Waals surface area contributed by atoms with Gasteiger partial charge in [-0.1, -0.05) is 19.1 Å². The van der Waals surface area contributed by atoms with E-state index < -0.39 is 19.9 Å². The number of carbonyl (C=O) groups is 1. The normalized spacial score (nSPS) is 19.5. The summed E-state index contributed by atoms with van der Waals surface area (Å²) in [5.74, 6) is -0.314. The molecule has 1 unspecified atom stereocenters. The lowest BCUT2D eigenvalue weighted by Crippen LogP contribution is -2.39. The fourth-order valence-electron chi connectivity index (χ4n) is 2.80. The average molecular weight is 389 g/mol. The van der Waals surface area contributed by atoms with E-state index in [1.165, 1.54) is 4.31 Å². The van der Waals surface area contributed by atoms with E-state index in [1.54, 1.807) is 12.1 Å². The van der Waals surface area contributed by atoms with Gasteiger partial charge in [0.25, 0.3) is 0 Å². The molecule has 1 N–H and O–H groups in total. The first-order valence-corrected chi connectivity index (χ1v) is 11.8. The van der Waals surface area contributed by atoms with Crippen LogP contribution in [0.15, 0.2) is 24.3 Å². The van der Waals surface area contributed by atoms with Crippen LogP contribution in [-0.4, -0.2) is 53.1 Å². The van der Waals surface area contributed by atoms with E-state index in [4.69, 9.17) is 0 Å². The smallest absolute Gasteiger partial charge is 0.232 e. The van der Waals surface area contributed by atoms with Crippen LogP contribution in [0, 0.1) is 0 Å². The van der Waals surface area contributed by atoms with Gasteiger partial charge in [0.1, 0.15) is 0 Å². The highest BCUT2D eigenvalue weighted by Crippen LogP contribution is 2.19. The molecule has 0 aliphatic carbocycles. The maximum Gasteiger partial charge on any atom is 0.232 e. The molecule has 1 aromatic rings. The molecule has 7 nitrogen and oxygen atoms in total. The number of anilines is 1. The second-order valence-electron chi connectivity index (χ2n) is 6.27. The molecule has 9 heteroatoms. The Kier molecular flexibility index (Phi) is 6.10. The van der Waals surface area contributed by atoms with Crippen LogP contribution >= 0.6 is 0 Å². The average Bonchev–Trinajstić information content (AvgIpc) is 2.85. The van der Waals surface area contributed by atoms with Crippen molar-refractivity contribution < 1.29 is 21.6 Å². The van der Waals surface area contributed by atoms with Gasteiger partial charge in [-0.2, -0.15) is 0 Å². The molecule has 1 saturated heterocycles. The molecule has 2 rings (SSSR count). The molecule has 25 heavy (non-hydrogen) atoms. The summed E-state index contributed by atoms with van der Waals surface area (Å²) < 4.78 is 48.1. The van der Waals surface area contributed by atoms with Crippen molar-refractivity contribution in [2.75, 3.05) is 28.6 Å². The fourth-order valence-corrected chi connectivity index (χ4v) is 5.40. The Labute approximate surface area is 149 Å². The molecule has 1 aliphatic rings. The monoisotopic (exact) mass is 388 g/mol. The van der Waals surface area contributed by atoms with Gasteiger partial charge in [0, 0.05) is 19.0 Å². The molecule has 1 aliphatic heterocycles. The standard InChI is InChI=1S/C16H24N2O5S2/c1-3-13-4-6-15(7-5-13)18(24(2,20)21)10-8-16(19)17-14-9-11-25(22,23)12-14/h4-7,14H,3,8-12H2,1-2H3,(H,17,19). The lowest BCUT2D eigenvalue weighted by Gasteiger charge is -2.22. The Hall–Kier alpha value is -1.61. The molecule has 0 saturated carbocycles. The number of amides is 1. The Balaban J connectivity index is 1.99. The third-order valence-corrected chi connectivity index (χ3v) is 7.13. The molecule has 1 fully saturated rings. The van der Waals surface area contributed by atoms with E-state index in [0.717, 1.165) is 18.2 Å². The molecular formula is C16H24N2O5S2. The van der Waals surface area contributed by atoms with Gasteiger partial charge in [0.15, 0.2) is 9.84 Å². The van der Waals surface area contributed by atoms with Crippen LogP contribution in [0.2, 0.25) is 0 Å². The summed E-state index contributed by atoms with van der Waals surface area (Å²) >= 11 is 0. The predicted octanol–water partition coefficient (Wildman–Crippen LogP) is 0.708. The Bertz CT molecular complexity index is 817. The van der Waals surface area contributed by atoms with Crippen LogP contribution in [0.5, 0.6) is 0 Å². The molecular weight excluding hydrogens is 364 g/mol. The lowest BCUT2D eigenvalue weighted by atomic mass is 10.1. The number of carbonyl (C=O) groups excluding carboxylic acids is 1. The number of rotatable bonds is 7. The molecule has 0 bridgehead atoms. The lowest BCUT2D eigenvalue weighted by molar-refractivity contribution is -0.121. The first-order chi connectivity index (χ1) is 11.6. The van der Waals surface area contributed by atoms with Crippen molar-refractivity contribution in [1.29, 1.82) is 0 Å². The first-order valence-electron chi connectivity index (χ1n) is 8.17. The minimum Gasteiger partial charge on any atom is -0.352 e. The fraction of sp³-hybridized carbons (Fsp3) is 0.562. The van der Waals surface area contributed by atoms with Crippen LogP contribution in [0.25, 0.3) is 0 Å². The van der Waals surface area contributed by atoms with Crippen molar-refractivity contribution in [2.24, 2.45) is 0 Å². The van der Waals surface area contributed by atoms with Crippen LogP contribution in [0.3, 0.4) is 0 Å². The summed E-state index contributed by atoms with van der Waals surface area (Å²) in [7, 11) is -6.59. The second-order valence-corrected chi connectivity index (χ2v) is 10.4. The minimum atomic E-state index is -3.52. The number of nitrogens with one attached hydrogen (secondary N) is 1. The Morgan fingerprint density at radius 2 is 1.92 bits per heavy atom. The molecule has 1 aromatic carbocycles. The number of aryl methyl sites for hydroxylation is 1. The Morgan fingerprint density at radius 1 is 1.28 bits per heavy atom. The van der Waals surface area contributed by atoms with Gasteiger partial charge in [0.2, 0.25) is 15.9 Å². The summed E-state index contributed by atoms with van der Waals surface area (Å²) in [6.45, 7) is 2.02. The Morgan fingerprint density at radius 3 is 2.40 bits per heavy atom.